The van der Waals surface area contributed by atoms with Gasteiger partial charge in [0.15, 0.2) is 0 Å². The van der Waals surface area contributed by atoms with Crippen molar-refractivity contribution in [3.05, 3.63) is 76.7 Å². The summed E-state index contributed by atoms with van der Waals surface area (Å²) in [5, 5.41) is 8.08. The highest BCUT2D eigenvalue weighted by molar-refractivity contribution is 5.68. The van der Waals surface area contributed by atoms with Crippen LogP contribution in [0.4, 0.5) is 4.39 Å². The van der Waals surface area contributed by atoms with Crippen molar-refractivity contribution in [3.8, 4) is 28.3 Å². The van der Waals surface area contributed by atoms with Gasteiger partial charge in [-0.2, -0.15) is 10.1 Å². The SMILES string of the molecule is Cc1cc(-c2ccc(-c3noc(C(C)C)n3)cc2)cnc1-n1cnn(C/C(=C/F)CN)c1=O. The summed E-state index contributed by atoms with van der Waals surface area (Å²) in [6.45, 7) is 5.85. The van der Waals surface area contributed by atoms with Gasteiger partial charge < -0.3 is 10.3 Å². The quantitative estimate of drug-likeness (QED) is 0.459. The van der Waals surface area contributed by atoms with Crippen LogP contribution in [0.15, 0.2) is 64.1 Å². The van der Waals surface area contributed by atoms with Crippen LogP contribution >= 0.6 is 0 Å². The van der Waals surface area contributed by atoms with E-state index >= 15 is 0 Å². The van der Waals surface area contributed by atoms with Gasteiger partial charge in [-0.1, -0.05) is 43.3 Å². The first-order chi connectivity index (χ1) is 15.9. The van der Waals surface area contributed by atoms with E-state index in [2.05, 4.69) is 20.2 Å². The van der Waals surface area contributed by atoms with Crippen LogP contribution in [-0.2, 0) is 6.54 Å². The molecule has 0 radical (unpaired) electrons. The van der Waals surface area contributed by atoms with E-state index in [1.54, 1.807) is 6.20 Å². The third kappa shape index (κ3) is 4.51. The zero-order chi connectivity index (χ0) is 23.5. The normalized spacial score (nSPS) is 12.0. The second-order valence-electron chi connectivity index (χ2n) is 7.97. The second kappa shape index (κ2) is 9.29. The molecule has 170 valence electrons. The van der Waals surface area contributed by atoms with E-state index in [9.17, 15) is 9.18 Å². The van der Waals surface area contributed by atoms with Crippen LogP contribution in [0.5, 0.6) is 0 Å². The van der Waals surface area contributed by atoms with Gasteiger partial charge in [0.05, 0.1) is 12.9 Å². The van der Waals surface area contributed by atoms with Crippen LogP contribution in [0.2, 0.25) is 0 Å². The zero-order valence-electron chi connectivity index (χ0n) is 18.6. The van der Waals surface area contributed by atoms with Crippen molar-refractivity contribution in [1.29, 1.82) is 0 Å². The lowest BCUT2D eigenvalue weighted by molar-refractivity contribution is 0.365. The highest BCUT2D eigenvalue weighted by atomic mass is 19.1. The molecule has 33 heavy (non-hydrogen) atoms. The Kier molecular flexibility index (Phi) is 6.27. The number of aromatic nitrogens is 6. The standard InChI is InChI=1S/C23H24FN7O2/c1-14(2)22-28-20(29-33-22)18-6-4-17(5-7-18)19-8-15(3)21(26-11-19)30-13-27-31(23(30)32)12-16(9-24)10-25/h4-9,11,13-14H,10,12,25H2,1-3H3/b16-9+. The number of nitrogens with two attached hydrogens (primary N) is 1. The maximum absolute atomic E-state index is 12.8. The number of nitrogens with zero attached hydrogens (tertiary/aromatic N) is 6. The van der Waals surface area contributed by atoms with Crippen LogP contribution in [0.25, 0.3) is 28.3 Å². The molecule has 0 aliphatic rings. The number of aryl methyl sites for hydroxylation is 1. The van der Waals surface area contributed by atoms with Crippen molar-refractivity contribution in [1.82, 2.24) is 29.5 Å². The maximum Gasteiger partial charge on any atom is 0.351 e. The average Bonchev–Trinajstić information content (AvgIpc) is 3.45. The summed E-state index contributed by atoms with van der Waals surface area (Å²) >= 11 is 0. The smallest absolute Gasteiger partial charge is 0.339 e. The largest absolute Gasteiger partial charge is 0.351 e. The first-order valence-electron chi connectivity index (χ1n) is 10.4. The van der Waals surface area contributed by atoms with E-state index in [1.165, 1.54) is 10.9 Å². The Morgan fingerprint density at radius 3 is 2.55 bits per heavy atom. The molecule has 2 N–H and O–H groups in total. The highest BCUT2D eigenvalue weighted by Crippen LogP contribution is 2.25. The molecule has 0 bridgehead atoms. The number of hydrogen-bond donors (Lipinski definition) is 1. The molecular formula is C23H24FN7O2. The first-order valence-corrected chi connectivity index (χ1v) is 10.4. The van der Waals surface area contributed by atoms with Crippen molar-refractivity contribution in [2.75, 3.05) is 6.54 Å². The van der Waals surface area contributed by atoms with Crippen LogP contribution in [0.1, 0.15) is 31.2 Å². The molecule has 4 rings (SSSR count). The van der Waals surface area contributed by atoms with Crippen molar-refractivity contribution in [2.24, 2.45) is 5.73 Å². The van der Waals surface area contributed by atoms with E-state index in [-0.39, 0.29) is 24.6 Å². The van der Waals surface area contributed by atoms with Crippen LogP contribution in [-0.4, -0.2) is 36.0 Å². The molecule has 9 nitrogen and oxygen atoms in total. The minimum Gasteiger partial charge on any atom is -0.339 e. The van der Waals surface area contributed by atoms with Gasteiger partial charge in [0.25, 0.3) is 0 Å². The summed E-state index contributed by atoms with van der Waals surface area (Å²) in [5.41, 5.74) is 8.81. The molecule has 3 aromatic heterocycles. The van der Waals surface area contributed by atoms with E-state index < -0.39 is 5.69 Å². The zero-order valence-corrected chi connectivity index (χ0v) is 18.6. The van der Waals surface area contributed by atoms with Crippen LogP contribution in [0.3, 0.4) is 0 Å². The molecule has 0 amide bonds. The molecule has 3 heterocycles. The number of benzene rings is 1. The van der Waals surface area contributed by atoms with Crippen LogP contribution in [0, 0.1) is 6.92 Å². The predicted molar refractivity (Wildman–Crippen MR) is 121 cm³/mol. The minimum atomic E-state index is -0.420. The molecule has 0 spiro atoms. The summed E-state index contributed by atoms with van der Waals surface area (Å²) in [6.07, 6.45) is 3.46. The lowest BCUT2D eigenvalue weighted by atomic mass is 10.0. The Morgan fingerprint density at radius 2 is 1.94 bits per heavy atom. The van der Waals surface area contributed by atoms with Crippen molar-refractivity contribution >= 4 is 0 Å². The summed E-state index contributed by atoms with van der Waals surface area (Å²) < 4.78 is 20.6. The number of rotatable bonds is 7. The van der Waals surface area contributed by atoms with Gasteiger partial charge in [-0.25, -0.2) is 23.4 Å². The van der Waals surface area contributed by atoms with E-state index in [0.29, 0.717) is 23.9 Å². The molecule has 0 aliphatic heterocycles. The summed E-state index contributed by atoms with van der Waals surface area (Å²) in [7, 11) is 0. The third-order valence-electron chi connectivity index (χ3n) is 5.19. The van der Waals surface area contributed by atoms with Gasteiger partial charge in [0.1, 0.15) is 12.1 Å². The maximum atomic E-state index is 12.8. The molecule has 0 saturated heterocycles. The molecule has 0 unspecified atom stereocenters. The minimum absolute atomic E-state index is 0.00613. The van der Waals surface area contributed by atoms with Gasteiger partial charge in [-0.05, 0) is 29.7 Å². The second-order valence-corrected chi connectivity index (χ2v) is 7.97. The first kappa shape index (κ1) is 22.3. The molecule has 0 atom stereocenters. The molecule has 1 aromatic carbocycles. The molecule has 4 aromatic rings. The number of hydrogen-bond acceptors (Lipinski definition) is 7. The topological polar surface area (TPSA) is 118 Å². The average molecular weight is 449 g/mol. The molecular weight excluding hydrogens is 425 g/mol. The lowest BCUT2D eigenvalue weighted by Crippen LogP contribution is -2.26. The van der Waals surface area contributed by atoms with Gasteiger partial charge in [-0.15, -0.1) is 0 Å². The van der Waals surface area contributed by atoms with Crippen molar-refractivity contribution in [3.63, 3.8) is 0 Å². The Balaban J connectivity index is 1.58. The van der Waals surface area contributed by atoms with Gasteiger partial charge in [-0.3, -0.25) is 0 Å². The summed E-state index contributed by atoms with van der Waals surface area (Å²) in [5.74, 6) is 1.77. The molecule has 0 fully saturated rings. The third-order valence-corrected chi connectivity index (χ3v) is 5.19. The Hall–Kier alpha value is -3.92. The van der Waals surface area contributed by atoms with E-state index in [4.69, 9.17) is 10.3 Å². The van der Waals surface area contributed by atoms with Crippen molar-refractivity contribution < 1.29 is 8.91 Å². The number of pyridine rings is 1. The lowest BCUT2D eigenvalue weighted by Gasteiger charge is -2.08. The Labute approximate surface area is 189 Å². The van der Waals surface area contributed by atoms with E-state index in [1.807, 2.05) is 51.1 Å². The summed E-state index contributed by atoms with van der Waals surface area (Å²) in [4.78, 5) is 21.6. The molecule has 0 aliphatic carbocycles. The Morgan fingerprint density at radius 1 is 1.21 bits per heavy atom. The van der Waals surface area contributed by atoms with Crippen LogP contribution < -0.4 is 11.4 Å². The van der Waals surface area contributed by atoms with E-state index in [0.717, 1.165) is 26.9 Å². The number of halogens is 1. The van der Waals surface area contributed by atoms with Gasteiger partial charge in [0.2, 0.25) is 11.7 Å². The Bertz CT molecular complexity index is 1350. The fourth-order valence-electron chi connectivity index (χ4n) is 3.30. The highest BCUT2D eigenvalue weighted by Gasteiger charge is 2.14. The summed E-state index contributed by atoms with van der Waals surface area (Å²) in [6, 6.07) is 9.71. The van der Waals surface area contributed by atoms with Gasteiger partial charge in [0, 0.05) is 29.8 Å². The molecule has 0 saturated carbocycles. The van der Waals surface area contributed by atoms with Crippen molar-refractivity contribution in [2.45, 2.75) is 33.2 Å². The monoisotopic (exact) mass is 449 g/mol. The van der Waals surface area contributed by atoms with Gasteiger partial charge >= 0.3 is 5.69 Å². The predicted octanol–water partition coefficient (Wildman–Crippen LogP) is 3.39. The fourth-order valence-corrected chi connectivity index (χ4v) is 3.30. The fraction of sp³-hybridized carbons (Fsp3) is 0.261. The molecule has 10 heteroatoms.